The minimum Gasteiger partial charge on any atom is -0.479 e. The summed E-state index contributed by atoms with van der Waals surface area (Å²) >= 11 is 1.61. The minimum absolute atomic E-state index is 0.376. The molecule has 1 N–H and O–H groups in total. The van der Waals surface area contributed by atoms with Gasteiger partial charge < -0.3 is 9.84 Å². The van der Waals surface area contributed by atoms with E-state index in [0.717, 1.165) is 0 Å². The van der Waals surface area contributed by atoms with Crippen LogP contribution in [0.2, 0.25) is 0 Å². The molecule has 0 aromatic rings. The number of ether oxygens (including phenoxy) is 1. The summed E-state index contributed by atoms with van der Waals surface area (Å²) in [6.07, 6.45) is 0. The molecule has 1 rings (SSSR count). The summed E-state index contributed by atoms with van der Waals surface area (Å²) < 4.78 is 5.50. The first kappa shape index (κ1) is 9.86. The zero-order valence-corrected chi connectivity index (χ0v) is 8.40. The Morgan fingerprint density at radius 2 is 2.00 bits per heavy atom. The zero-order chi connectivity index (χ0) is 9.41. The molecule has 0 unspecified atom stereocenters. The highest BCUT2D eigenvalue weighted by Gasteiger charge is 2.49. The standard InChI is InChI=1S/C8H14O3S/c1-7(2,3)11-8(6(9)10)4-12-5-8/h4-5H2,1-3H3,(H,9,10). The highest BCUT2D eigenvalue weighted by atomic mass is 32.2. The second kappa shape index (κ2) is 2.92. The van der Waals surface area contributed by atoms with Gasteiger partial charge in [-0.25, -0.2) is 4.79 Å². The normalized spacial score (nSPS) is 21.6. The number of aliphatic carboxylic acids is 1. The molecule has 4 heteroatoms. The van der Waals surface area contributed by atoms with Crippen LogP contribution >= 0.6 is 11.8 Å². The lowest BCUT2D eigenvalue weighted by Crippen LogP contribution is -2.56. The molecule has 0 atom stereocenters. The lowest BCUT2D eigenvalue weighted by atomic mass is 10.1. The Balaban J connectivity index is 2.63. The number of carboxylic acid groups (broad SMARTS) is 1. The fourth-order valence-electron chi connectivity index (χ4n) is 1.10. The molecule has 70 valence electrons. The number of hydrogen-bond donors (Lipinski definition) is 1. The van der Waals surface area contributed by atoms with Crippen molar-refractivity contribution in [2.75, 3.05) is 11.5 Å². The Morgan fingerprint density at radius 1 is 1.50 bits per heavy atom. The lowest BCUT2D eigenvalue weighted by Gasteiger charge is -2.41. The van der Waals surface area contributed by atoms with E-state index >= 15 is 0 Å². The molecule has 1 heterocycles. The zero-order valence-electron chi connectivity index (χ0n) is 7.59. The van der Waals surface area contributed by atoms with Gasteiger partial charge in [-0.15, -0.1) is 0 Å². The number of hydrogen-bond acceptors (Lipinski definition) is 3. The number of thioether (sulfide) groups is 1. The number of carboxylic acids is 1. The molecular formula is C8H14O3S. The van der Waals surface area contributed by atoms with Gasteiger partial charge in [-0.05, 0) is 20.8 Å². The van der Waals surface area contributed by atoms with Crippen molar-refractivity contribution in [3.63, 3.8) is 0 Å². The first-order chi connectivity index (χ1) is 5.36. The molecule has 0 aromatic carbocycles. The molecular weight excluding hydrogens is 176 g/mol. The average molecular weight is 190 g/mol. The van der Waals surface area contributed by atoms with Crippen LogP contribution in [0.4, 0.5) is 0 Å². The topological polar surface area (TPSA) is 46.5 Å². The van der Waals surface area contributed by atoms with Gasteiger partial charge in [-0.3, -0.25) is 0 Å². The Labute approximate surface area is 76.5 Å². The summed E-state index contributed by atoms with van der Waals surface area (Å²) in [6, 6.07) is 0. The third-order valence-electron chi connectivity index (χ3n) is 1.56. The molecule has 1 fully saturated rings. The predicted molar refractivity (Wildman–Crippen MR) is 48.5 cm³/mol. The lowest BCUT2D eigenvalue weighted by molar-refractivity contribution is -0.177. The van der Waals surface area contributed by atoms with Crippen LogP contribution in [0.1, 0.15) is 20.8 Å². The molecule has 12 heavy (non-hydrogen) atoms. The maximum atomic E-state index is 10.8. The van der Waals surface area contributed by atoms with Crippen LogP contribution in [0.25, 0.3) is 0 Å². The summed E-state index contributed by atoms with van der Waals surface area (Å²) in [6.45, 7) is 5.63. The van der Waals surface area contributed by atoms with Gasteiger partial charge in [0.15, 0.2) is 5.60 Å². The molecule has 0 aliphatic carbocycles. The van der Waals surface area contributed by atoms with Gasteiger partial charge >= 0.3 is 5.97 Å². The van der Waals surface area contributed by atoms with Crippen LogP contribution in [0, 0.1) is 0 Å². The first-order valence-corrected chi connectivity index (χ1v) is 5.03. The van der Waals surface area contributed by atoms with E-state index in [2.05, 4.69) is 0 Å². The van der Waals surface area contributed by atoms with Crippen molar-refractivity contribution in [3.05, 3.63) is 0 Å². The van der Waals surface area contributed by atoms with Crippen LogP contribution in [-0.4, -0.2) is 33.8 Å². The van der Waals surface area contributed by atoms with Crippen LogP contribution < -0.4 is 0 Å². The highest BCUT2D eigenvalue weighted by Crippen LogP contribution is 2.36. The maximum Gasteiger partial charge on any atom is 0.337 e. The smallest absolute Gasteiger partial charge is 0.337 e. The predicted octanol–water partition coefficient (Wildman–Crippen LogP) is 1.37. The number of carbonyl (C=O) groups is 1. The Kier molecular flexibility index (Phi) is 2.40. The van der Waals surface area contributed by atoms with Gasteiger partial charge in [-0.1, -0.05) is 0 Å². The highest BCUT2D eigenvalue weighted by molar-refractivity contribution is 8.01. The van der Waals surface area contributed by atoms with Gasteiger partial charge in [0.25, 0.3) is 0 Å². The molecule has 3 nitrogen and oxygen atoms in total. The van der Waals surface area contributed by atoms with E-state index in [4.69, 9.17) is 9.84 Å². The summed E-state index contributed by atoms with van der Waals surface area (Å²) in [5.74, 6) is 0.301. The van der Waals surface area contributed by atoms with Gasteiger partial charge in [0.1, 0.15) is 0 Å². The molecule has 0 radical (unpaired) electrons. The van der Waals surface area contributed by atoms with Crippen molar-refractivity contribution in [2.45, 2.75) is 32.0 Å². The summed E-state index contributed by atoms with van der Waals surface area (Å²) in [5.41, 5.74) is -1.29. The van der Waals surface area contributed by atoms with E-state index in [9.17, 15) is 4.79 Å². The van der Waals surface area contributed by atoms with Crippen molar-refractivity contribution in [2.24, 2.45) is 0 Å². The SMILES string of the molecule is CC(C)(C)OC1(C(=O)O)CSC1. The second-order valence-electron chi connectivity index (χ2n) is 4.01. The van der Waals surface area contributed by atoms with Crippen molar-refractivity contribution in [1.82, 2.24) is 0 Å². The van der Waals surface area contributed by atoms with Crippen LogP contribution in [0.3, 0.4) is 0 Å². The third kappa shape index (κ3) is 1.93. The summed E-state index contributed by atoms with van der Waals surface area (Å²) in [4.78, 5) is 10.8. The van der Waals surface area contributed by atoms with E-state index in [1.165, 1.54) is 0 Å². The summed E-state index contributed by atoms with van der Waals surface area (Å²) in [5, 5.41) is 8.91. The van der Waals surface area contributed by atoms with Gasteiger partial charge in [-0.2, -0.15) is 11.8 Å². The van der Waals surface area contributed by atoms with Crippen molar-refractivity contribution in [1.29, 1.82) is 0 Å². The van der Waals surface area contributed by atoms with Crippen LogP contribution in [-0.2, 0) is 9.53 Å². The van der Waals surface area contributed by atoms with Crippen molar-refractivity contribution < 1.29 is 14.6 Å². The molecule has 1 saturated heterocycles. The summed E-state index contributed by atoms with van der Waals surface area (Å²) in [7, 11) is 0. The Morgan fingerprint density at radius 3 is 2.08 bits per heavy atom. The van der Waals surface area contributed by atoms with Gasteiger partial charge in [0.2, 0.25) is 0 Å². The van der Waals surface area contributed by atoms with Crippen molar-refractivity contribution in [3.8, 4) is 0 Å². The van der Waals surface area contributed by atoms with E-state index in [-0.39, 0.29) is 5.60 Å². The van der Waals surface area contributed by atoms with E-state index in [0.29, 0.717) is 11.5 Å². The molecule has 1 aliphatic heterocycles. The minimum atomic E-state index is -0.914. The van der Waals surface area contributed by atoms with E-state index < -0.39 is 11.6 Å². The van der Waals surface area contributed by atoms with E-state index in [1.807, 2.05) is 20.8 Å². The largest absolute Gasteiger partial charge is 0.479 e. The molecule has 0 bridgehead atoms. The fraction of sp³-hybridized carbons (Fsp3) is 0.875. The third-order valence-corrected chi connectivity index (χ3v) is 2.90. The Bertz CT molecular complexity index is 191. The second-order valence-corrected chi connectivity index (χ2v) is 4.99. The van der Waals surface area contributed by atoms with Crippen LogP contribution in [0.15, 0.2) is 0 Å². The number of rotatable bonds is 2. The fourth-order valence-corrected chi connectivity index (χ4v) is 2.04. The van der Waals surface area contributed by atoms with Crippen LogP contribution in [0.5, 0.6) is 0 Å². The molecule has 0 aromatic heterocycles. The molecule has 0 saturated carbocycles. The average Bonchev–Trinajstić information content (AvgIpc) is 1.75. The molecule has 0 amide bonds. The monoisotopic (exact) mass is 190 g/mol. The quantitative estimate of drug-likeness (QED) is 0.714. The van der Waals surface area contributed by atoms with Gasteiger partial charge in [0.05, 0.1) is 5.60 Å². The molecule has 1 aliphatic rings. The maximum absolute atomic E-state index is 10.8. The van der Waals surface area contributed by atoms with Gasteiger partial charge in [0, 0.05) is 11.5 Å². The van der Waals surface area contributed by atoms with Crippen molar-refractivity contribution >= 4 is 17.7 Å². The molecule has 0 spiro atoms. The Hall–Kier alpha value is -0.220. The van der Waals surface area contributed by atoms with E-state index in [1.54, 1.807) is 11.8 Å². The first-order valence-electron chi connectivity index (χ1n) is 3.87.